The molecule has 0 aromatic heterocycles. The minimum absolute atomic E-state index is 0. The van der Waals surface area contributed by atoms with Gasteiger partial charge in [0.05, 0.1) is 16.3 Å². The van der Waals surface area contributed by atoms with E-state index in [-0.39, 0.29) is 36.2 Å². The van der Waals surface area contributed by atoms with Crippen molar-refractivity contribution in [2.45, 2.75) is 32.1 Å². The highest BCUT2D eigenvalue weighted by molar-refractivity contribution is 7.89. The highest BCUT2D eigenvalue weighted by atomic mass is 35.5. The number of sulfonamides is 1. The number of hydrogen-bond acceptors (Lipinski definition) is 4. The van der Waals surface area contributed by atoms with E-state index in [0.29, 0.717) is 22.5 Å². The number of anilines is 2. The molecular weight excluding hydrogens is 374 g/mol. The van der Waals surface area contributed by atoms with Gasteiger partial charge in [-0.15, -0.1) is 12.4 Å². The molecular formula is C18H24ClN3O3S. The van der Waals surface area contributed by atoms with Crippen molar-refractivity contribution in [3.05, 3.63) is 53.1 Å². The predicted octanol–water partition coefficient (Wildman–Crippen LogP) is 2.92. The van der Waals surface area contributed by atoms with Crippen molar-refractivity contribution in [3.8, 4) is 0 Å². The third-order valence-electron chi connectivity index (χ3n) is 3.75. The quantitative estimate of drug-likeness (QED) is 0.652. The maximum atomic E-state index is 12.5. The normalized spacial score (nSPS) is 10.9. The van der Waals surface area contributed by atoms with Gasteiger partial charge in [0.25, 0.3) is 0 Å². The molecule has 0 fully saturated rings. The minimum Gasteiger partial charge on any atom is -0.397 e. The number of nitrogens with one attached hydrogen (secondary N) is 2. The van der Waals surface area contributed by atoms with Crippen LogP contribution >= 0.6 is 12.4 Å². The first kappa shape index (κ1) is 22.0. The van der Waals surface area contributed by atoms with Gasteiger partial charge in [-0.25, -0.2) is 13.1 Å². The summed E-state index contributed by atoms with van der Waals surface area (Å²) in [5.74, 6) is -0.307. The Kier molecular flexibility index (Phi) is 7.62. The number of para-hydroxylation sites is 2. The number of hydrogen-bond donors (Lipinski definition) is 3. The summed E-state index contributed by atoms with van der Waals surface area (Å²) < 4.78 is 27.5. The van der Waals surface area contributed by atoms with Crippen LogP contribution in [0.5, 0.6) is 0 Å². The Morgan fingerprint density at radius 3 is 2.23 bits per heavy atom. The summed E-state index contributed by atoms with van der Waals surface area (Å²) in [4.78, 5) is 12.2. The fourth-order valence-electron chi connectivity index (χ4n) is 2.79. The molecule has 0 aliphatic heterocycles. The first-order valence-corrected chi connectivity index (χ1v) is 9.41. The summed E-state index contributed by atoms with van der Waals surface area (Å²) in [5, 5.41) is 2.67. The second kappa shape index (κ2) is 9.02. The summed E-state index contributed by atoms with van der Waals surface area (Å²) in [6.45, 7) is 5.45. The molecule has 2 rings (SSSR count). The van der Waals surface area contributed by atoms with E-state index in [4.69, 9.17) is 5.73 Å². The molecule has 0 heterocycles. The zero-order valence-corrected chi connectivity index (χ0v) is 16.6. The average molecular weight is 398 g/mol. The van der Waals surface area contributed by atoms with Gasteiger partial charge in [0.15, 0.2) is 0 Å². The van der Waals surface area contributed by atoms with Crippen molar-refractivity contribution < 1.29 is 13.2 Å². The highest BCUT2D eigenvalue weighted by Gasteiger charge is 2.19. The van der Waals surface area contributed by atoms with E-state index < -0.39 is 10.0 Å². The third-order valence-corrected chi connectivity index (χ3v) is 5.52. The van der Waals surface area contributed by atoms with Crippen LogP contribution in [0.3, 0.4) is 0 Å². The number of carbonyl (C=O) groups is 1. The molecule has 8 heteroatoms. The number of aryl methyl sites for hydroxylation is 3. The maximum absolute atomic E-state index is 12.5. The molecule has 6 nitrogen and oxygen atoms in total. The van der Waals surface area contributed by atoms with Crippen molar-refractivity contribution in [2.24, 2.45) is 0 Å². The van der Waals surface area contributed by atoms with Crippen LogP contribution in [0.15, 0.2) is 41.3 Å². The van der Waals surface area contributed by atoms with E-state index in [2.05, 4.69) is 10.0 Å². The molecule has 26 heavy (non-hydrogen) atoms. The molecule has 0 spiro atoms. The van der Waals surface area contributed by atoms with Crippen LogP contribution in [0.4, 0.5) is 11.4 Å². The van der Waals surface area contributed by atoms with Crippen LogP contribution in [0.2, 0.25) is 0 Å². The van der Waals surface area contributed by atoms with Crippen LogP contribution in [-0.2, 0) is 14.8 Å². The van der Waals surface area contributed by atoms with Gasteiger partial charge in [-0.3, -0.25) is 4.79 Å². The van der Waals surface area contributed by atoms with Crippen LogP contribution in [0.25, 0.3) is 0 Å². The molecule has 142 valence electrons. The molecule has 0 aliphatic rings. The van der Waals surface area contributed by atoms with E-state index in [1.807, 2.05) is 19.1 Å². The number of nitrogen functional groups attached to an aromatic ring is 1. The Morgan fingerprint density at radius 1 is 1.08 bits per heavy atom. The molecule has 0 saturated carbocycles. The fourth-order valence-corrected chi connectivity index (χ4v) is 4.27. The van der Waals surface area contributed by atoms with Crippen molar-refractivity contribution in [3.63, 3.8) is 0 Å². The topological polar surface area (TPSA) is 101 Å². The van der Waals surface area contributed by atoms with Gasteiger partial charge < -0.3 is 11.1 Å². The molecule has 0 aliphatic carbocycles. The average Bonchev–Trinajstić information content (AvgIpc) is 2.48. The number of rotatable bonds is 6. The number of benzene rings is 2. The highest BCUT2D eigenvalue weighted by Crippen LogP contribution is 2.21. The Balaban J connectivity index is 0.00000338. The van der Waals surface area contributed by atoms with E-state index in [1.54, 1.807) is 38.1 Å². The summed E-state index contributed by atoms with van der Waals surface area (Å²) in [7, 11) is -3.67. The van der Waals surface area contributed by atoms with Gasteiger partial charge in [0.1, 0.15) is 0 Å². The van der Waals surface area contributed by atoms with Crippen molar-refractivity contribution >= 4 is 39.7 Å². The van der Waals surface area contributed by atoms with Crippen LogP contribution in [0, 0.1) is 20.8 Å². The van der Waals surface area contributed by atoms with Crippen LogP contribution in [-0.4, -0.2) is 20.9 Å². The lowest BCUT2D eigenvalue weighted by Crippen LogP contribution is -2.29. The second-order valence-corrected chi connectivity index (χ2v) is 7.71. The first-order chi connectivity index (χ1) is 11.7. The van der Waals surface area contributed by atoms with Crippen LogP contribution in [0.1, 0.15) is 23.1 Å². The summed E-state index contributed by atoms with van der Waals surface area (Å²) in [5.41, 5.74) is 9.12. The van der Waals surface area contributed by atoms with Crippen molar-refractivity contribution in [1.82, 2.24) is 4.72 Å². The Morgan fingerprint density at radius 2 is 1.65 bits per heavy atom. The van der Waals surface area contributed by atoms with Gasteiger partial charge in [0, 0.05) is 13.0 Å². The molecule has 1 amide bonds. The molecule has 0 unspecified atom stereocenters. The number of nitrogens with two attached hydrogens (primary N) is 1. The lowest BCUT2D eigenvalue weighted by atomic mass is 10.1. The molecule has 0 saturated heterocycles. The van der Waals surface area contributed by atoms with Gasteiger partial charge in [-0.2, -0.15) is 0 Å². The van der Waals surface area contributed by atoms with E-state index in [9.17, 15) is 13.2 Å². The summed E-state index contributed by atoms with van der Waals surface area (Å²) >= 11 is 0. The molecule has 0 atom stereocenters. The molecule has 2 aromatic rings. The predicted molar refractivity (Wildman–Crippen MR) is 107 cm³/mol. The number of halogens is 1. The summed E-state index contributed by atoms with van der Waals surface area (Å²) in [6.07, 6.45) is 0.0114. The maximum Gasteiger partial charge on any atom is 0.241 e. The smallest absolute Gasteiger partial charge is 0.241 e. The Labute approximate surface area is 160 Å². The Bertz CT molecular complexity index is 875. The first-order valence-electron chi connectivity index (χ1n) is 7.92. The second-order valence-electron chi connectivity index (χ2n) is 6.01. The standard InChI is InChI=1S/C18H23N3O3S.ClH/c1-12-10-13(2)18(14(3)11-12)25(23,24)20-9-8-17(22)21-16-7-5-4-6-15(16)19;/h4-7,10-11,20H,8-9,19H2,1-3H3,(H,21,22);1H. The van der Waals surface area contributed by atoms with E-state index in [1.165, 1.54) is 0 Å². The minimum atomic E-state index is -3.67. The fraction of sp³-hybridized carbons (Fsp3) is 0.278. The summed E-state index contributed by atoms with van der Waals surface area (Å²) in [6, 6.07) is 10.6. The Hall–Kier alpha value is -2.09. The third kappa shape index (κ3) is 5.45. The van der Waals surface area contributed by atoms with E-state index >= 15 is 0 Å². The lowest BCUT2D eigenvalue weighted by Gasteiger charge is -2.13. The molecule has 0 bridgehead atoms. The van der Waals surface area contributed by atoms with Crippen molar-refractivity contribution in [2.75, 3.05) is 17.6 Å². The van der Waals surface area contributed by atoms with Gasteiger partial charge in [-0.05, 0) is 44.0 Å². The van der Waals surface area contributed by atoms with Gasteiger partial charge in [0.2, 0.25) is 15.9 Å². The van der Waals surface area contributed by atoms with Crippen molar-refractivity contribution in [1.29, 1.82) is 0 Å². The largest absolute Gasteiger partial charge is 0.397 e. The van der Waals surface area contributed by atoms with E-state index in [0.717, 1.165) is 5.56 Å². The van der Waals surface area contributed by atoms with Gasteiger partial charge in [-0.1, -0.05) is 29.8 Å². The lowest BCUT2D eigenvalue weighted by molar-refractivity contribution is -0.116. The zero-order chi connectivity index (χ0) is 18.6. The number of carbonyl (C=O) groups excluding carboxylic acids is 1. The number of amides is 1. The SMILES string of the molecule is Cc1cc(C)c(S(=O)(=O)NCCC(=O)Nc2ccccc2N)c(C)c1.Cl. The molecule has 0 radical (unpaired) electrons. The van der Waals surface area contributed by atoms with Crippen LogP contribution < -0.4 is 15.8 Å². The van der Waals surface area contributed by atoms with Gasteiger partial charge >= 0.3 is 0 Å². The zero-order valence-electron chi connectivity index (χ0n) is 15.0. The monoisotopic (exact) mass is 397 g/mol. The molecule has 4 N–H and O–H groups in total. The molecule has 2 aromatic carbocycles.